The molecular formula is C17H27O4P. The third kappa shape index (κ3) is 5.36. The summed E-state index contributed by atoms with van der Waals surface area (Å²) in [6, 6.07) is 9.68. The predicted octanol–water partition coefficient (Wildman–Crippen LogP) is 4.35. The van der Waals surface area contributed by atoms with Gasteiger partial charge in [0.2, 0.25) is 0 Å². The van der Waals surface area contributed by atoms with Crippen molar-refractivity contribution in [1.29, 1.82) is 0 Å². The highest BCUT2D eigenvalue weighted by Gasteiger charge is 2.39. The van der Waals surface area contributed by atoms with Crippen LogP contribution in [-0.2, 0) is 13.6 Å². The molecule has 0 aliphatic heterocycles. The predicted molar refractivity (Wildman–Crippen MR) is 91.0 cm³/mol. The Morgan fingerprint density at radius 3 is 2.14 bits per heavy atom. The number of benzene rings is 1. The van der Waals surface area contributed by atoms with E-state index in [9.17, 15) is 9.67 Å². The molecule has 0 bridgehead atoms. The molecule has 0 aliphatic rings. The quantitative estimate of drug-likeness (QED) is 0.685. The van der Waals surface area contributed by atoms with E-state index in [4.69, 9.17) is 9.05 Å². The molecule has 0 aromatic heterocycles. The van der Waals surface area contributed by atoms with Crippen LogP contribution in [0.5, 0.6) is 0 Å². The van der Waals surface area contributed by atoms with Gasteiger partial charge in [-0.2, -0.15) is 0 Å². The molecule has 1 N–H and O–H groups in total. The Bertz CT molecular complexity index is 489. The molecule has 1 aromatic rings. The minimum Gasteiger partial charge on any atom is -0.392 e. The molecule has 0 fully saturated rings. The van der Waals surface area contributed by atoms with Crippen molar-refractivity contribution in [3.63, 3.8) is 0 Å². The van der Waals surface area contributed by atoms with Gasteiger partial charge in [-0.3, -0.25) is 4.57 Å². The second-order valence-electron chi connectivity index (χ2n) is 5.37. The van der Waals surface area contributed by atoms with Crippen LogP contribution in [0.4, 0.5) is 0 Å². The summed E-state index contributed by atoms with van der Waals surface area (Å²) < 4.78 is 23.9. The zero-order valence-corrected chi connectivity index (χ0v) is 14.7. The molecule has 0 amide bonds. The minimum absolute atomic E-state index is 0.0559. The molecule has 22 heavy (non-hydrogen) atoms. The molecule has 5 heteroatoms. The highest BCUT2D eigenvalue weighted by atomic mass is 31.2. The molecule has 0 aliphatic carbocycles. The molecule has 0 heterocycles. The van der Waals surface area contributed by atoms with Crippen LogP contribution in [0, 0.1) is 5.92 Å². The molecule has 0 spiro atoms. The average Bonchev–Trinajstić information content (AvgIpc) is 2.48. The van der Waals surface area contributed by atoms with Crippen molar-refractivity contribution in [2.45, 2.75) is 39.5 Å². The standard InChI is InChI=1S/C17H27O4P/c1-5-20-22(19,21-6-2)16(17(18)14(3)4)13-12-15-10-8-7-9-11-15/h7-14,16-18H,5-6H2,1-4H3/b13-12+/t16-,17+/m0/s1. The zero-order valence-electron chi connectivity index (χ0n) is 13.8. The fourth-order valence-corrected chi connectivity index (χ4v) is 4.30. The lowest BCUT2D eigenvalue weighted by Crippen LogP contribution is -2.31. The van der Waals surface area contributed by atoms with E-state index < -0.39 is 19.4 Å². The fourth-order valence-electron chi connectivity index (χ4n) is 2.14. The van der Waals surface area contributed by atoms with Crippen molar-refractivity contribution in [2.24, 2.45) is 5.92 Å². The first-order valence-corrected chi connectivity index (χ1v) is 9.35. The fraction of sp³-hybridized carbons (Fsp3) is 0.529. The molecule has 1 aromatic carbocycles. The van der Waals surface area contributed by atoms with Gasteiger partial charge in [-0.1, -0.05) is 56.3 Å². The highest BCUT2D eigenvalue weighted by Crippen LogP contribution is 2.55. The van der Waals surface area contributed by atoms with Crippen molar-refractivity contribution in [1.82, 2.24) is 0 Å². The van der Waals surface area contributed by atoms with Crippen molar-refractivity contribution in [3.05, 3.63) is 42.0 Å². The number of rotatable bonds is 9. The molecular weight excluding hydrogens is 299 g/mol. The van der Waals surface area contributed by atoms with Crippen LogP contribution in [0.1, 0.15) is 33.3 Å². The Morgan fingerprint density at radius 1 is 1.14 bits per heavy atom. The number of aliphatic hydroxyl groups excluding tert-OH is 1. The smallest absolute Gasteiger partial charge is 0.340 e. The summed E-state index contributed by atoms with van der Waals surface area (Å²) in [5.41, 5.74) is 0.288. The van der Waals surface area contributed by atoms with E-state index >= 15 is 0 Å². The summed E-state index contributed by atoms with van der Waals surface area (Å²) in [6.07, 6.45) is 2.79. The maximum absolute atomic E-state index is 13.0. The molecule has 1 rings (SSSR count). The lowest BCUT2D eigenvalue weighted by molar-refractivity contribution is 0.113. The van der Waals surface area contributed by atoms with Crippen molar-refractivity contribution >= 4 is 13.7 Å². The minimum atomic E-state index is -3.41. The van der Waals surface area contributed by atoms with Crippen LogP contribution in [0.25, 0.3) is 6.08 Å². The summed E-state index contributed by atoms with van der Waals surface area (Å²) in [5.74, 6) is -0.0559. The second kappa shape index (κ2) is 9.26. The first-order chi connectivity index (χ1) is 10.4. The van der Waals surface area contributed by atoms with E-state index in [0.29, 0.717) is 0 Å². The van der Waals surface area contributed by atoms with Gasteiger partial charge in [0, 0.05) is 0 Å². The molecule has 0 saturated carbocycles. The Labute approximate surface area is 133 Å². The van der Waals surface area contributed by atoms with Crippen LogP contribution < -0.4 is 0 Å². The van der Waals surface area contributed by atoms with Crippen molar-refractivity contribution < 1.29 is 18.7 Å². The Hall–Kier alpha value is -0.930. The van der Waals surface area contributed by atoms with E-state index in [0.717, 1.165) is 5.56 Å². The summed E-state index contributed by atoms with van der Waals surface area (Å²) in [6.45, 7) is 7.86. The molecule has 2 atom stereocenters. The van der Waals surface area contributed by atoms with E-state index in [1.165, 1.54) is 0 Å². The Kier molecular flexibility index (Phi) is 8.05. The first kappa shape index (κ1) is 19.1. The van der Waals surface area contributed by atoms with E-state index in [-0.39, 0.29) is 19.1 Å². The van der Waals surface area contributed by atoms with Gasteiger partial charge < -0.3 is 14.2 Å². The van der Waals surface area contributed by atoms with Gasteiger partial charge in [0.05, 0.1) is 19.3 Å². The molecule has 0 unspecified atom stereocenters. The molecule has 124 valence electrons. The molecule has 4 nitrogen and oxygen atoms in total. The van der Waals surface area contributed by atoms with Crippen molar-refractivity contribution in [3.8, 4) is 0 Å². The van der Waals surface area contributed by atoms with Crippen LogP contribution >= 0.6 is 7.60 Å². The first-order valence-electron chi connectivity index (χ1n) is 7.74. The molecule has 0 saturated heterocycles. The van der Waals surface area contributed by atoms with Gasteiger partial charge in [0.25, 0.3) is 0 Å². The lowest BCUT2D eigenvalue weighted by Gasteiger charge is -2.29. The van der Waals surface area contributed by atoms with E-state index in [2.05, 4.69) is 0 Å². The number of hydrogen-bond donors (Lipinski definition) is 1. The number of aliphatic hydroxyl groups is 1. The third-order valence-electron chi connectivity index (χ3n) is 3.30. The monoisotopic (exact) mass is 326 g/mol. The van der Waals surface area contributed by atoms with Crippen LogP contribution in [-0.4, -0.2) is 30.1 Å². The maximum Gasteiger partial charge on any atom is 0.340 e. The number of hydrogen-bond acceptors (Lipinski definition) is 4. The van der Waals surface area contributed by atoms with Gasteiger partial charge in [-0.25, -0.2) is 0 Å². The van der Waals surface area contributed by atoms with Crippen LogP contribution in [0.15, 0.2) is 36.4 Å². The third-order valence-corrected chi connectivity index (χ3v) is 5.75. The van der Waals surface area contributed by atoms with Crippen molar-refractivity contribution in [2.75, 3.05) is 13.2 Å². The lowest BCUT2D eigenvalue weighted by atomic mass is 10.0. The van der Waals surface area contributed by atoms with Crippen LogP contribution in [0.3, 0.4) is 0 Å². The highest BCUT2D eigenvalue weighted by molar-refractivity contribution is 7.55. The second-order valence-corrected chi connectivity index (χ2v) is 7.56. The zero-order chi connectivity index (χ0) is 16.6. The van der Waals surface area contributed by atoms with Crippen LogP contribution in [0.2, 0.25) is 0 Å². The topological polar surface area (TPSA) is 55.8 Å². The van der Waals surface area contributed by atoms with Gasteiger partial charge in [-0.05, 0) is 25.3 Å². The largest absolute Gasteiger partial charge is 0.392 e. The average molecular weight is 326 g/mol. The SMILES string of the molecule is CCOP(=O)(OCC)[C@@H](/C=C/c1ccccc1)[C@H](O)C(C)C. The Balaban J connectivity index is 3.11. The summed E-state index contributed by atoms with van der Waals surface area (Å²) in [5, 5.41) is 10.5. The maximum atomic E-state index is 13.0. The van der Waals surface area contributed by atoms with E-state index in [1.54, 1.807) is 19.9 Å². The van der Waals surface area contributed by atoms with Gasteiger partial charge in [-0.15, -0.1) is 0 Å². The van der Waals surface area contributed by atoms with Gasteiger partial charge in [0.1, 0.15) is 5.66 Å². The summed E-state index contributed by atoms with van der Waals surface area (Å²) >= 11 is 0. The summed E-state index contributed by atoms with van der Waals surface area (Å²) in [4.78, 5) is 0. The molecule has 0 radical (unpaired) electrons. The van der Waals surface area contributed by atoms with Gasteiger partial charge >= 0.3 is 7.60 Å². The van der Waals surface area contributed by atoms with E-state index in [1.807, 2.05) is 50.3 Å². The Morgan fingerprint density at radius 2 is 1.68 bits per heavy atom. The normalized spacial score (nSPS) is 15.4. The van der Waals surface area contributed by atoms with Gasteiger partial charge in [0.15, 0.2) is 0 Å². The summed E-state index contributed by atoms with van der Waals surface area (Å²) in [7, 11) is -3.41.